The molecule has 0 bridgehead atoms. The van der Waals surface area contributed by atoms with E-state index in [9.17, 15) is 4.79 Å². The predicted octanol–water partition coefficient (Wildman–Crippen LogP) is 4.07. The van der Waals surface area contributed by atoms with Crippen LogP contribution in [0.15, 0.2) is 72.8 Å². The highest BCUT2D eigenvalue weighted by molar-refractivity contribution is 5.67. The first kappa shape index (κ1) is 17.8. The minimum Gasteiger partial charge on any atom is -0.445 e. The van der Waals surface area contributed by atoms with Gasteiger partial charge >= 0.3 is 6.09 Å². The molecule has 2 aromatic rings. The number of rotatable bonds is 8. The van der Waals surface area contributed by atoms with Crippen LogP contribution in [-0.4, -0.2) is 18.7 Å². The van der Waals surface area contributed by atoms with Crippen molar-refractivity contribution >= 4 is 6.09 Å². The van der Waals surface area contributed by atoms with E-state index in [0.29, 0.717) is 13.2 Å². The Labute approximate surface area is 143 Å². The van der Waals surface area contributed by atoms with Gasteiger partial charge in [0.15, 0.2) is 0 Å². The summed E-state index contributed by atoms with van der Waals surface area (Å²) >= 11 is 0. The van der Waals surface area contributed by atoms with E-state index in [-0.39, 0.29) is 12.6 Å². The van der Waals surface area contributed by atoms with E-state index in [2.05, 4.69) is 5.32 Å². The van der Waals surface area contributed by atoms with Crippen LogP contribution in [0.1, 0.15) is 18.1 Å². The Balaban J connectivity index is 1.59. The fourth-order valence-electron chi connectivity index (χ4n) is 2.08. The molecule has 0 radical (unpaired) electrons. The minimum absolute atomic E-state index is 0.117. The fourth-order valence-corrected chi connectivity index (χ4v) is 2.08. The van der Waals surface area contributed by atoms with E-state index in [1.54, 1.807) is 0 Å². The molecule has 1 unspecified atom stereocenters. The standard InChI is InChI=1S/C20H23NO3/c1-17(9-8-14-23-15-18-10-4-2-5-11-18)21-20(22)24-16-19-12-6-3-7-13-19/h2-13,17H,14-16H2,1H3,(H,21,22)/b9-8+. The number of hydrogen-bond donors (Lipinski definition) is 1. The Hall–Kier alpha value is -2.59. The van der Waals surface area contributed by atoms with Gasteiger partial charge in [0.2, 0.25) is 0 Å². The zero-order valence-corrected chi connectivity index (χ0v) is 13.9. The molecule has 0 aliphatic rings. The summed E-state index contributed by atoms with van der Waals surface area (Å²) in [5.41, 5.74) is 2.10. The molecule has 0 saturated carbocycles. The molecule has 1 atom stereocenters. The molecule has 0 spiro atoms. The number of nitrogens with one attached hydrogen (secondary N) is 1. The number of carbonyl (C=O) groups excluding carboxylic acids is 1. The van der Waals surface area contributed by atoms with Crippen LogP contribution in [0, 0.1) is 0 Å². The molecular formula is C20H23NO3. The van der Waals surface area contributed by atoms with E-state index in [1.165, 1.54) is 0 Å². The van der Waals surface area contributed by atoms with Crippen LogP contribution in [-0.2, 0) is 22.7 Å². The maximum Gasteiger partial charge on any atom is 0.407 e. The second-order valence-electron chi connectivity index (χ2n) is 5.42. The van der Waals surface area contributed by atoms with Crippen molar-refractivity contribution in [1.29, 1.82) is 0 Å². The Morgan fingerprint density at radius 3 is 2.21 bits per heavy atom. The molecule has 24 heavy (non-hydrogen) atoms. The van der Waals surface area contributed by atoms with E-state index >= 15 is 0 Å². The van der Waals surface area contributed by atoms with Crippen molar-refractivity contribution in [3.8, 4) is 0 Å². The Morgan fingerprint density at radius 2 is 1.58 bits per heavy atom. The average Bonchev–Trinajstić information content (AvgIpc) is 2.61. The zero-order chi connectivity index (χ0) is 17.0. The average molecular weight is 325 g/mol. The van der Waals surface area contributed by atoms with E-state index < -0.39 is 6.09 Å². The maximum absolute atomic E-state index is 11.7. The van der Waals surface area contributed by atoms with Gasteiger partial charge in [-0.05, 0) is 18.1 Å². The second-order valence-corrected chi connectivity index (χ2v) is 5.42. The van der Waals surface area contributed by atoms with E-state index in [4.69, 9.17) is 9.47 Å². The molecule has 2 aromatic carbocycles. The monoisotopic (exact) mass is 325 g/mol. The molecule has 4 nitrogen and oxygen atoms in total. The van der Waals surface area contributed by atoms with Crippen LogP contribution in [0.4, 0.5) is 4.79 Å². The smallest absolute Gasteiger partial charge is 0.407 e. The Kier molecular flexibility index (Phi) is 7.57. The molecule has 0 saturated heterocycles. The molecule has 126 valence electrons. The summed E-state index contributed by atoms with van der Waals surface area (Å²) in [4.78, 5) is 11.7. The number of carbonyl (C=O) groups is 1. The highest BCUT2D eigenvalue weighted by Gasteiger charge is 2.05. The van der Waals surface area contributed by atoms with Gasteiger partial charge in [0.1, 0.15) is 6.61 Å². The molecule has 0 fully saturated rings. The van der Waals surface area contributed by atoms with Gasteiger partial charge in [-0.15, -0.1) is 0 Å². The Bertz CT molecular complexity index is 626. The van der Waals surface area contributed by atoms with Gasteiger partial charge in [0.25, 0.3) is 0 Å². The van der Waals surface area contributed by atoms with Gasteiger partial charge in [0.05, 0.1) is 13.2 Å². The van der Waals surface area contributed by atoms with Crippen LogP contribution in [0.5, 0.6) is 0 Å². The van der Waals surface area contributed by atoms with Crippen LogP contribution >= 0.6 is 0 Å². The van der Waals surface area contributed by atoms with Gasteiger partial charge in [-0.1, -0.05) is 72.8 Å². The highest BCUT2D eigenvalue weighted by Crippen LogP contribution is 2.02. The number of hydrogen-bond acceptors (Lipinski definition) is 3. The summed E-state index contributed by atoms with van der Waals surface area (Å²) < 4.78 is 10.7. The summed E-state index contributed by atoms with van der Waals surface area (Å²) in [5.74, 6) is 0. The lowest BCUT2D eigenvalue weighted by Crippen LogP contribution is -2.31. The molecule has 2 rings (SSSR count). The first-order valence-corrected chi connectivity index (χ1v) is 7.99. The number of alkyl carbamates (subject to hydrolysis) is 1. The van der Waals surface area contributed by atoms with Crippen molar-refractivity contribution in [2.24, 2.45) is 0 Å². The summed E-state index contributed by atoms with van der Waals surface area (Å²) in [7, 11) is 0. The topological polar surface area (TPSA) is 47.6 Å². The second kappa shape index (κ2) is 10.2. The van der Waals surface area contributed by atoms with Crippen LogP contribution < -0.4 is 5.32 Å². The molecule has 4 heteroatoms. The van der Waals surface area contributed by atoms with E-state index in [0.717, 1.165) is 11.1 Å². The highest BCUT2D eigenvalue weighted by atomic mass is 16.5. The summed E-state index contributed by atoms with van der Waals surface area (Å²) in [5, 5.41) is 2.76. The van der Waals surface area contributed by atoms with Crippen LogP contribution in [0.3, 0.4) is 0 Å². The number of ether oxygens (including phenoxy) is 2. The van der Waals surface area contributed by atoms with Crippen molar-refractivity contribution in [3.63, 3.8) is 0 Å². The van der Waals surface area contributed by atoms with Gasteiger partial charge in [-0.3, -0.25) is 0 Å². The summed E-state index contributed by atoms with van der Waals surface area (Å²) in [6, 6.07) is 19.5. The fraction of sp³-hybridized carbons (Fsp3) is 0.250. The van der Waals surface area contributed by atoms with Gasteiger partial charge in [0, 0.05) is 6.04 Å². The molecule has 0 aliphatic carbocycles. The third-order valence-electron chi connectivity index (χ3n) is 3.31. The van der Waals surface area contributed by atoms with Crippen molar-refractivity contribution in [2.45, 2.75) is 26.2 Å². The molecular weight excluding hydrogens is 302 g/mol. The lowest BCUT2D eigenvalue weighted by atomic mass is 10.2. The predicted molar refractivity (Wildman–Crippen MR) is 94.5 cm³/mol. The Morgan fingerprint density at radius 1 is 1.00 bits per heavy atom. The summed E-state index contributed by atoms with van der Waals surface area (Å²) in [6.45, 7) is 3.23. The maximum atomic E-state index is 11.7. The van der Waals surface area contributed by atoms with Crippen molar-refractivity contribution in [2.75, 3.05) is 6.61 Å². The van der Waals surface area contributed by atoms with Crippen molar-refractivity contribution in [3.05, 3.63) is 83.9 Å². The molecule has 0 heterocycles. The number of benzene rings is 2. The number of amides is 1. The van der Waals surface area contributed by atoms with Gasteiger partial charge in [-0.2, -0.15) is 0 Å². The van der Waals surface area contributed by atoms with Crippen molar-refractivity contribution in [1.82, 2.24) is 5.32 Å². The molecule has 1 amide bonds. The first-order valence-electron chi connectivity index (χ1n) is 7.99. The molecule has 1 N–H and O–H groups in total. The third kappa shape index (κ3) is 7.11. The first-order chi connectivity index (χ1) is 11.7. The van der Waals surface area contributed by atoms with Crippen LogP contribution in [0.2, 0.25) is 0 Å². The van der Waals surface area contributed by atoms with Gasteiger partial charge < -0.3 is 14.8 Å². The quantitative estimate of drug-likeness (QED) is 0.588. The van der Waals surface area contributed by atoms with Gasteiger partial charge in [-0.25, -0.2) is 4.79 Å². The summed E-state index contributed by atoms with van der Waals surface area (Å²) in [6.07, 6.45) is 3.35. The SMILES string of the molecule is CC(/C=C/COCc1ccccc1)NC(=O)OCc1ccccc1. The van der Waals surface area contributed by atoms with Crippen LogP contribution in [0.25, 0.3) is 0 Å². The largest absolute Gasteiger partial charge is 0.445 e. The molecule has 0 aliphatic heterocycles. The minimum atomic E-state index is -0.429. The lowest BCUT2D eigenvalue weighted by Gasteiger charge is -2.10. The van der Waals surface area contributed by atoms with Crippen molar-refractivity contribution < 1.29 is 14.3 Å². The normalized spacial score (nSPS) is 12.0. The lowest BCUT2D eigenvalue weighted by molar-refractivity contribution is 0.137. The van der Waals surface area contributed by atoms with E-state index in [1.807, 2.05) is 79.7 Å². The molecule has 0 aromatic heterocycles. The third-order valence-corrected chi connectivity index (χ3v) is 3.31. The zero-order valence-electron chi connectivity index (χ0n) is 13.9.